The fourth-order valence-electron chi connectivity index (χ4n) is 0.388. The lowest BCUT2D eigenvalue weighted by Gasteiger charge is -1.89. The van der Waals surface area contributed by atoms with Crippen LogP contribution in [0.25, 0.3) is 0 Å². The second-order valence-electron chi connectivity index (χ2n) is 1.31. The van der Waals surface area contributed by atoms with Gasteiger partial charge < -0.3 is 0 Å². The van der Waals surface area contributed by atoms with Crippen LogP contribution in [0.4, 0.5) is 8.78 Å². The Morgan fingerprint density at radius 1 is 1.62 bits per heavy atom. The molecule has 42 valence electrons. The second-order valence-corrected chi connectivity index (χ2v) is 1.31. The van der Waals surface area contributed by atoms with Gasteiger partial charge in [-0.1, -0.05) is 0 Å². The standard InChI is InChI=1S/C5H3F2N/c6-5(7)4-1-2-8-3-4/h1-2,5H. The Morgan fingerprint density at radius 2 is 2.38 bits per heavy atom. The van der Waals surface area contributed by atoms with Gasteiger partial charge in [0.15, 0.2) is 0 Å². The first kappa shape index (κ1) is 5.28. The average Bonchev–Trinajstić information content (AvgIpc) is 2.12. The summed E-state index contributed by atoms with van der Waals surface area (Å²) in [6.07, 6.45) is 2.24. The molecule has 8 heavy (non-hydrogen) atoms. The first-order valence-corrected chi connectivity index (χ1v) is 2.08. The monoisotopic (exact) mass is 115 g/mol. The molecule has 0 unspecified atom stereocenters. The Kier molecular flexibility index (Phi) is 1.28. The highest BCUT2D eigenvalue weighted by Crippen LogP contribution is 2.11. The van der Waals surface area contributed by atoms with Crippen LogP contribution in [0.3, 0.4) is 0 Å². The SMILES string of the molecule is FC(F)C1=[C][N]C=C1. The summed E-state index contributed by atoms with van der Waals surface area (Å²) in [4.78, 5) is 0. The van der Waals surface area contributed by atoms with Gasteiger partial charge >= 0.3 is 0 Å². The van der Waals surface area contributed by atoms with Crippen molar-refractivity contribution in [1.29, 1.82) is 0 Å². The molecule has 0 atom stereocenters. The zero-order valence-electron chi connectivity index (χ0n) is 3.94. The lowest BCUT2D eigenvalue weighted by Crippen LogP contribution is -1.91. The highest BCUT2D eigenvalue weighted by atomic mass is 19.3. The molecule has 0 N–H and O–H groups in total. The van der Waals surface area contributed by atoms with Gasteiger partial charge in [-0.05, 0) is 6.08 Å². The van der Waals surface area contributed by atoms with Crippen LogP contribution in [0.5, 0.6) is 0 Å². The summed E-state index contributed by atoms with van der Waals surface area (Å²) >= 11 is 0. The van der Waals surface area contributed by atoms with E-state index in [2.05, 4.69) is 11.5 Å². The predicted molar refractivity (Wildman–Crippen MR) is 24.0 cm³/mol. The minimum absolute atomic E-state index is 0.134. The van der Waals surface area contributed by atoms with Gasteiger partial charge in [-0.3, -0.25) is 5.32 Å². The van der Waals surface area contributed by atoms with Gasteiger partial charge in [0.05, 0.1) is 6.20 Å². The summed E-state index contributed by atoms with van der Waals surface area (Å²) < 4.78 is 23.1. The molecule has 1 heterocycles. The van der Waals surface area contributed by atoms with Crippen molar-refractivity contribution >= 4 is 0 Å². The maximum Gasteiger partial charge on any atom is 0.266 e. The third-order valence-electron chi connectivity index (χ3n) is 0.757. The number of halogens is 2. The lowest BCUT2D eigenvalue weighted by atomic mass is 10.3. The van der Waals surface area contributed by atoms with Crippen molar-refractivity contribution in [3.8, 4) is 0 Å². The molecule has 0 aromatic heterocycles. The summed E-state index contributed by atoms with van der Waals surface area (Å²) in [7, 11) is 0. The smallest absolute Gasteiger partial charge is 0.254 e. The van der Waals surface area contributed by atoms with Gasteiger partial charge in [0.25, 0.3) is 6.43 Å². The first-order chi connectivity index (χ1) is 3.80. The van der Waals surface area contributed by atoms with E-state index in [-0.39, 0.29) is 5.57 Å². The third-order valence-corrected chi connectivity index (χ3v) is 0.757. The zero-order valence-corrected chi connectivity index (χ0v) is 3.94. The van der Waals surface area contributed by atoms with Crippen molar-refractivity contribution in [2.24, 2.45) is 0 Å². The topological polar surface area (TPSA) is 14.1 Å². The van der Waals surface area contributed by atoms with Crippen LogP contribution in [-0.4, -0.2) is 6.43 Å². The van der Waals surface area contributed by atoms with Gasteiger partial charge in [0.1, 0.15) is 0 Å². The van der Waals surface area contributed by atoms with Gasteiger partial charge in [0.2, 0.25) is 0 Å². The van der Waals surface area contributed by atoms with E-state index in [9.17, 15) is 8.78 Å². The largest absolute Gasteiger partial charge is 0.266 e. The Hall–Kier alpha value is -0.860. The van der Waals surface area contributed by atoms with Crippen LogP contribution in [0.2, 0.25) is 0 Å². The number of hydrogen-bond donors (Lipinski definition) is 0. The molecule has 0 bridgehead atoms. The Bertz CT molecular complexity index is 137. The van der Waals surface area contributed by atoms with Crippen molar-refractivity contribution in [1.82, 2.24) is 5.32 Å². The summed E-state index contributed by atoms with van der Waals surface area (Å²) in [5.74, 6) is 0. The third kappa shape index (κ3) is 0.857. The second kappa shape index (κ2) is 1.94. The summed E-state index contributed by atoms with van der Waals surface area (Å²) in [6.45, 7) is 0. The number of allylic oxidation sites excluding steroid dienone is 2. The molecule has 0 saturated heterocycles. The molecular formula is C5H3F2N. The normalized spacial score (nSPS) is 16.6. The van der Waals surface area contributed by atoms with Crippen molar-refractivity contribution in [3.63, 3.8) is 0 Å². The van der Waals surface area contributed by atoms with Crippen molar-refractivity contribution in [2.75, 3.05) is 0 Å². The minimum Gasteiger partial charge on any atom is -0.254 e. The molecule has 0 aromatic carbocycles. The summed E-state index contributed by atoms with van der Waals surface area (Å²) in [5.41, 5.74) is -0.134. The molecule has 3 heteroatoms. The zero-order chi connectivity index (χ0) is 5.98. The number of hydrogen-bond acceptors (Lipinski definition) is 0. The van der Waals surface area contributed by atoms with E-state index in [0.29, 0.717) is 0 Å². The van der Waals surface area contributed by atoms with Gasteiger partial charge in [-0.25, -0.2) is 8.78 Å². The van der Waals surface area contributed by atoms with E-state index in [0.717, 1.165) is 0 Å². The molecule has 0 aliphatic carbocycles. The van der Waals surface area contributed by atoms with Crippen LogP contribution in [0.15, 0.2) is 17.8 Å². The fourth-order valence-corrected chi connectivity index (χ4v) is 0.388. The molecule has 0 fully saturated rings. The Labute approximate surface area is 45.7 Å². The molecule has 0 amide bonds. The number of rotatable bonds is 1. The van der Waals surface area contributed by atoms with Crippen LogP contribution >= 0.6 is 0 Å². The van der Waals surface area contributed by atoms with E-state index in [1.54, 1.807) is 0 Å². The molecule has 1 rings (SSSR count). The van der Waals surface area contributed by atoms with Crippen LogP contribution in [-0.2, 0) is 0 Å². The minimum atomic E-state index is -2.43. The van der Waals surface area contributed by atoms with Crippen LogP contribution in [0, 0.1) is 6.20 Å². The maximum absolute atomic E-state index is 11.5. The number of nitrogens with zero attached hydrogens (tertiary/aromatic N) is 1. The van der Waals surface area contributed by atoms with Crippen molar-refractivity contribution in [2.45, 2.75) is 6.43 Å². The molecule has 1 aliphatic heterocycles. The maximum atomic E-state index is 11.5. The first-order valence-electron chi connectivity index (χ1n) is 2.08. The highest BCUT2D eigenvalue weighted by Gasteiger charge is 2.10. The van der Waals surface area contributed by atoms with Crippen LogP contribution in [0.1, 0.15) is 0 Å². The van der Waals surface area contributed by atoms with E-state index in [4.69, 9.17) is 0 Å². The van der Waals surface area contributed by atoms with E-state index >= 15 is 0 Å². The molecule has 0 aromatic rings. The highest BCUT2D eigenvalue weighted by molar-refractivity contribution is 5.21. The van der Waals surface area contributed by atoms with E-state index in [1.807, 2.05) is 0 Å². The summed E-state index contributed by atoms with van der Waals surface area (Å²) in [5, 5.41) is 3.34. The average molecular weight is 115 g/mol. The molecule has 1 nitrogen and oxygen atoms in total. The van der Waals surface area contributed by atoms with Crippen molar-refractivity contribution < 1.29 is 8.78 Å². The van der Waals surface area contributed by atoms with Gasteiger partial charge in [-0.2, -0.15) is 0 Å². The number of alkyl halides is 2. The predicted octanol–water partition coefficient (Wildman–Crippen LogP) is 1.07. The Balaban J connectivity index is 2.58. The van der Waals surface area contributed by atoms with Gasteiger partial charge in [0, 0.05) is 11.8 Å². The van der Waals surface area contributed by atoms with E-state index in [1.165, 1.54) is 12.3 Å². The van der Waals surface area contributed by atoms with Gasteiger partial charge in [-0.15, -0.1) is 0 Å². The van der Waals surface area contributed by atoms with Crippen molar-refractivity contribution in [3.05, 3.63) is 24.0 Å². The molecule has 2 radical (unpaired) electrons. The molecule has 1 aliphatic rings. The quantitative estimate of drug-likeness (QED) is 0.485. The van der Waals surface area contributed by atoms with Crippen LogP contribution < -0.4 is 5.32 Å². The summed E-state index contributed by atoms with van der Waals surface area (Å²) in [6, 6.07) is 0. The molecule has 0 spiro atoms. The fraction of sp³-hybridized carbons (Fsp3) is 0.200. The molecule has 0 saturated carbocycles. The Morgan fingerprint density at radius 3 is 2.62 bits per heavy atom. The lowest BCUT2D eigenvalue weighted by molar-refractivity contribution is 0.193. The molecular weight excluding hydrogens is 112 g/mol. The van der Waals surface area contributed by atoms with E-state index < -0.39 is 6.43 Å².